The molecule has 1 aromatic carbocycles. The number of aromatic nitrogens is 2. The Balaban J connectivity index is 2.44. The van der Waals surface area contributed by atoms with Crippen molar-refractivity contribution in [3.05, 3.63) is 30.0 Å². The fourth-order valence-corrected chi connectivity index (χ4v) is 2.15. The highest BCUT2D eigenvalue weighted by Gasteiger charge is 2.18. The molecule has 0 aliphatic rings. The molecular weight excluding hydrogens is 286 g/mol. The first-order valence-electron chi connectivity index (χ1n) is 6.86. The number of benzene rings is 1. The zero-order valence-electron chi connectivity index (χ0n) is 12.4. The molecule has 112 valence electrons. The maximum absolute atomic E-state index is 12.1. The van der Waals surface area contributed by atoms with Crippen LogP contribution in [0.15, 0.2) is 24.3 Å². The average molecular weight is 305 g/mol. The van der Waals surface area contributed by atoms with E-state index in [0.29, 0.717) is 17.5 Å². The summed E-state index contributed by atoms with van der Waals surface area (Å²) < 4.78 is 5.06. The molecule has 2 rings (SSSR count). The van der Waals surface area contributed by atoms with E-state index in [2.05, 4.69) is 28.7 Å². The van der Waals surface area contributed by atoms with Crippen molar-refractivity contribution in [1.82, 2.24) is 10.2 Å². The molecule has 21 heavy (non-hydrogen) atoms. The van der Waals surface area contributed by atoms with Crippen molar-refractivity contribution in [2.75, 3.05) is 24.7 Å². The molecule has 1 aromatic heterocycles. The molecule has 0 aliphatic heterocycles. The normalized spacial score (nSPS) is 12.1. The Hall–Kier alpha value is -1.82. The van der Waals surface area contributed by atoms with Crippen LogP contribution in [0.25, 0.3) is 10.9 Å². The minimum Gasteiger partial charge on any atom is -0.461 e. The highest BCUT2D eigenvalue weighted by Crippen LogP contribution is 2.25. The van der Waals surface area contributed by atoms with Crippen molar-refractivity contribution in [3.8, 4) is 0 Å². The van der Waals surface area contributed by atoms with Gasteiger partial charge in [-0.3, -0.25) is 0 Å². The number of nitrogens with one attached hydrogen (secondary N) is 1. The smallest absolute Gasteiger partial charge is 0.361 e. The maximum atomic E-state index is 12.1. The molecule has 0 fully saturated rings. The lowest BCUT2D eigenvalue weighted by atomic mass is 10.1. The number of thioether (sulfide) groups is 1. The Kier molecular flexibility index (Phi) is 5.38. The van der Waals surface area contributed by atoms with Gasteiger partial charge in [0.15, 0.2) is 5.69 Å². The lowest BCUT2D eigenvalue weighted by Crippen LogP contribution is -2.18. The quantitative estimate of drug-likeness (QED) is 0.828. The number of hydrogen-bond acceptors (Lipinski definition) is 6. The van der Waals surface area contributed by atoms with Gasteiger partial charge in [-0.15, -0.1) is 10.2 Å². The number of anilines is 1. The summed E-state index contributed by atoms with van der Waals surface area (Å²) in [5, 5.41) is 12.8. The Bertz CT molecular complexity index is 633. The van der Waals surface area contributed by atoms with Gasteiger partial charge in [0.05, 0.1) is 17.8 Å². The third-order valence-electron chi connectivity index (χ3n) is 3.11. The summed E-state index contributed by atoms with van der Waals surface area (Å²) >= 11 is 1.76. The molecule has 0 bridgehead atoms. The van der Waals surface area contributed by atoms with Crippen LogP contribution in [0.1, 0.15) is 24.3 Å². The number of hydrogen-bond donors (Lipinski definition) is 1. The lowest BCUT2D eigenvalue weighted by molar-refractivity contribution is 0.0519. The predicted octanol–water partition coefficient (Wildman–Crippen LogP) is 2.97. The van der Waals surface area contributed by atoms with Gasteiger partial charge in [0.1, 0.15) is 0 Å². The fourth-order valence-electron chi connectivity index (χ4n) is 1.90. The molecule has 0 saturated heterocycles. The highest BCUT2D eigenvalue weighted by molar-refractivity contribution is 7.99. The van der Waals surface area contributed by atoms with Crippen LogP contribution in [0.3, 0.4) is 0 Å². The van der Waals surface area contributed by atoms with E-state index in [0.717, 1.165) is 17.4 Å². The van der Waals surface area contributed by atoms with Gasteiger partial charge >= 0.3 is 5.97 Å². The van der Waals surface area contributed by atoms with E-state index in [1.807, 2.05) is 24.3 Å². The number of carbonyl (C=O) groups is 1. The fraction of sp³-hybridized carbons (Fsp3) is 0.400. The summed E-state index contributed by atoms with van der Waals surface area (Å²) in [4.78, 5) is 12.1. The zero-order valence-corrected chi connectivity index (χ0v) is 13.2. The van der Waals surface area contributed by atoms with Gasteiger partial charge in [0.2, 0.25) is 0 Å². The van der Waals surface area contributed by atoms with Crippen LogP contribution < -0.4 is 5.32 Å². The second-order valence-electron chi connectivity index (χ2n) is 4.59. The molecular formula is C15H19N3O2S. The van der Waals surface area contributed by atoms with Gasteiger partial charge < -0.3 is 10.1 Å². The van der Waals surface area contributed by atoms with Crippen LogP contribution in [0.5, 0.6) is 0 Å². The van der Waals surface area contributed by atoms with Gasteiger partial charge in [0.25, 0.3) is 0 Å². The predicted molar refractivity (Wildman–Crippen MR) is 87.0 cm³/mol. The first-order chi connectivity index (χ1) is 10.2. The molecule has 0 spiro atoms. The number of ether oxygens (including phenoxy) is 1. The SMILES string of the molecule is CCOC(=O)c1nnc2ccccc2c1NCC(C)SC. The summed E-state index contributed by atoms with van der Waals surface area (Å²) in [5.41, 5.74) is 1.69. The van der Waals surface area contributed by atoms with Gasteiger partial charge in [-0.25, -0.2) is 4.79 Å². The second kappa shape index (κ2) is 7.26. The van der Waals surface area contributed by atoms with Crippen LogP contribution in [-0.2, 0) is 4.74 Å². The lowest BCUT2D eigenvalue weighted by Gasteiger charge is -2.15. The van der Waals surface area contributed by atoms with Gasteiger partial charge in [-0.1, -0.05) is 25.1 Å². The minimum atomic E-state index is -0.449. The van der Waals surface area contributed by atoms with Crippen LogP contribution >= 0.6 is 11.8 Å². The molecule has 1 N–H and O–H groups in total. The van der Waals surface area contributed by atoms with E-state index in [4.69, 9.17) is 4.74 Å². The third kappa shape index (κ3) is 3.64. The molecule has 1 atom stereocenters. The molecule has 2 aromatic rings. The molecule has 0 aliphatic carbocycles. The Labute approximate surface area is 128 Å². The number of esters is 1. The summed E-state index contributed by atoms with van der Waals surface area (Å²) in [6.07, 6.45) is 2.06. The number of carbonyl (C=O) groups excluding carboxylic acids is 1. The molecule has 0 saturated carbocycles. The van der Waals surface area contributed by atoms with E-state index in [1.54, 1.807) is 18.7 Å². The number of fused-ring (bicyclic) bond motifs is 1. The second-order valence-corrected chi connectivity index (χ2v) is 5.86. The molecule has 0 radical (unpaired) electrons. The topological polar surface area (TPSA) is 64.1 Å². The monoisotopic (exact) mass is 305 g/mol. The van der Waals surface area contributed by atoms with Crippen molar-refractivity contribution in [3.63, 3.8) is 0 Å². The summed E-state index contributed by atoms with van der Waals surface area (Å²) in [6, 6.07) is 7.62. The van der Waals surface area contributed by atoms with E-state index in [9.17, 15) is 4.79 Å². The van der Waals surface area contributed by atoms with Crippen molar-refractivity contribution in [2.45, 2.75) is 19.1 Å². The van der Waals surface area contributed by atoms with Crippen molar-refractivity contribution >= 4 is 34.3 Å². The Morgan fingerprint density at radius 1 is 1.38 bits per heavy atom. The molecule has 0 amide bonds. The van der Waals surface area contributed by atoms with E-state index >= 15 is 0 Å². The van der Waals surface area contributed by atoms with Gasteiger partial charge in [-0.05, 0) is 19.2 Å². The molecule has 6 heteroatoms. The van der Waals surface area contributed by atoms with Crippen LogP contribution in [0.2, 0.25) is 0 Å². The van der Waals surface area contributed by atoms with Crippen LogP contribution in [-0.4, -0.2) is 40.8 Å². The van der Waals surface area contributed by atoms with E-state index in [1.165, 1.54) is 0 Å². The maximum Gasteiger partial charge on any atom is 0.361 e. The molecule has 5 nitrogen and oxygen atoms in total. The summed E-state index contributed by atoms with van der Waals surface area (Å²) in [5.74, 6) is -0.449. The molecule has 1 unspecified atom stereocenters. The average Bonchev–Trinajstić information content (AvgIpc) is 2.52. The van der Waals surface area contributed by atoms with Crippen molar-refractivity contribution in [2.24, 2.45) is 0 Å². The zero-order chi connectivity index (χ0) is 15.2. The first kappa shape index (κ1) is 15.6. The van der Waals surface area contributed by atoms with E-state index in [-0.39, 0.29) is 5.69 Å². The number of rotatable bonds is 6. The third-order valence-corrected chi connectivity index (χ3v) is 4.08. The largest absolute Gasteiger partial charge is 0.461 e. The first-order valence-corrected chi connectivity index (χ1v) is 8.15. The van der Waals surface area contributed by atoms with Crippen LogP contribution in [0.4, 0.5) is 5.69 Å². The summed E-state index contributed by atoms with van der Waals surface area (Å²) in [6.45, 7) is 4.95. The highest BCUT2D eigenvalue weighted by atomic mass is 32.2. The van der Waals surface area contributed by atoms with Crippen LogP contribution in [0, 0.1) is 0 Å². The van der Waals surface area contributed by atoms with Crippen molar-refractivity contribution < 1.29 is 9.53 Å². The van der Waals surface area contributed by atoms with E-state index < -0.39 is 5.97 Å². The Morgan fingerprint density at radius 3 is 2.86 bits per heavy atom. The van der Waals surface area contributed by atoms with Crippen molar-refractivity contribution in [1.29, 1.82) is 0 Å². The number of nitrogens with zero attached hydrogens (tertiary/aromatic N) is 2. The van der Waals surface area contributed by atoms with Gasteiger partial charge in [-0.2, -0.15) is 11.8 Å². The minimum absolute atomic E-state index is 0.240. The molecule has 1 heterocycles. The Morgan fingerprint density at radius 2 is 2.14 bits per heavy atom. The van der Waals surface area contributed by atoms with Gasteiger partial charge in [0, 0.05) is 17.2 Å². The standard InChI is InChI=1S/C15H19N3O2S/c1-4-20-15(19)14-13(16-9-10(2)21-3)11-7-5-6-8-12(11)17-18-14/h5-8,10H,4,9H2,1-3H3,(H,16,17). The summed E-state index contributed by atoms with van der Waals surface area (Å²) in [7, 11) is 0.